The number of carbonyl (C=O) groups excluding carboxylic acids is 1. The highest BCUT2D eigenvalue weighted by Crippen LogP contribution is 2.23. The summed E-state index contributed by atoms with van der Waals surface area (Å²) in [6.45, 7) is 0. The SMILES string of the molecule is NC1CCCC(C(=O)Nc2nccnn2)C1. The third-order valence-corrected chi connectivity index (χ3v) is 2.80. The highest BCUT2D eigenvalue weighted by Gasteiger charge is 2.25. The highest BCUT2D eigenvalue weighted by molar-refractivity contribution is 5.90. The van der Waals surface area contributed by atoms with E-state index < -0.39 is 0 Å². The first-order valence-electron chi connectivity index (χ1n) is 5.46. The monoisotopic (exact) mass is 221 g/mol. The maximum absolute atomic E-state index is 11.8. The topological polar surface area (TPSA) is 93.8 Å². The number of amides is 1. The van der Waals surface area contributed by atoms with Gasteiger partial charge in [-0.25, -0.2) is 4.98 Å². The van der Waals surface area contributed by atoms with Gasteiger partial charge in [0.1, 0.15) is 0 Å². The fraction of sp³-hybridized carbons (Fsp3) is 0.600. The molecule has 1 aliphatic rings. The van der Waals surface area contributed by atoms with Gasteiger partial charge in [0.25, 0.3) is 0 Å². The van der Waals surface area contributed by atoms with Crippen LogP contribution in [0.15, 0.2) is 12.4 Å². The van der Waals surface area contributed by atoms with Gasteiger partial charge in [0, 0.05) is 12.0 Å². The zero-order valence-electron chi connectivity index (χ0n) is 8.97. The molecule has 0 aliphatic heterocycles. The number of rotatable bonds is 2. The number of nitrogens with two attached hydrogens (primary N) is 1. The van der Waals surface area contributed by atoms with E-state index >= 15 is 0 Å². The first-order chi connectivity index (χ1) is 7.75. The van der Waals surface area contributed by atoms with E-state index in [1.54, 1.807) is 0 Å². The van der Waals surface area contributed by atoms with Crippen molar-refractivity contribution in [3.05, 3.63) is 12.4 Å². The lowest BCUT2D eigenvalue weighted by molar-refractivity contribution is -0.120. The molecule has 1 fully saturated rings. The molecule has 0 radical (unpaired) electrons. The smallest absolute Gasteiger partial charge is 0.249 e. The van der Waals surface area contributed by atoms with Crippen molar-refractivity contribution in [3.63, 3.8) is 0 Å². The van der Waals surface area contributed by atoms with Crippen LogP contribution in [-0.2, 0) is 4.79 Å². The minimum Gasteiger partial charge on any atom is -0.328 e. The third kappa shape index (κ3) is 2.73. The molecule has 0 aromatic carbocycles. The first-order valence-corrected chi connectivity index (χ1v) is 5.46. The normalized spacial score (nSPS) is 25.1. The molecule has 86 valence electrons. The van der Waals surface area contributed by atoms with Crippen molar-refractivity contribution in [1.29, 1.82) is 0 Å². The number of carbonyl (C=O) groups is 1. The van der Waals surface area contributed by atoms with Crippen LogP contribution in [0.25, 0.3) is 0 Å². The second-order valence-corrected chi connectivity index (χ2v) is 4.08. The number of anilines is 1. The van der Waals surface area contributed by atoms with Gasteiger partial charge in [-0.15, -0.1) is 5.10 Å². The molecule has 2 rings (SSSR count). The van der Waals surface area contributed by atoms with E-state index in [0.29, 0.717) is 0 Å². The highest BCUT2D eigenvalue weighted by atomic mass is 16.2. The number of nitrogens with one attached hydrogen (secondary N) is 1. The molecular weight excluding hydrogens is 206 g/mol. The lowest BCUT2D eigenvalue weighted by Crippen LogP contribution is -2.34. The van der Waals surface area contributed by atoms with Crippen molar-refractivity contribution in [3.8, 4) is 0 Å². The van der Waals surface area contributed by atoms with Crippen molar-refractivity contribution in [2.45, 2.75) is 31.7 Å². The second kappa shape index (κ2) is 4.98. The van der Waals surface area contributed by atoms with E-state index in [-0.39, 0.29) is 23.8 Å². The minimum absolute atomic E-state index is 0.0208. The van der Waals surface area contributed by atoms with Crippen LogP contribution in [0.3, 0.4) is 0 Å². The van der Waals surface area contributed by atoms with Crippen LogP contribution >= 0.6 is 0 Å². The van der Waals surface area contributed by atoms with Crippen molar-refractivity contribution < 1.29 is 4.79 Å². The first kappa shape index (κ1) is 10.9. The van der Waals surface area contributed by atoms with Gasteiger partial charge in [-0.3, -0.25) is 10.1 Å². The van der Waals surface area contributed by atoms with E-state index in [9.17, 15) is 4.79 Å². The van der Waals surface area contributed by atoms with Gasteiger partial charge in [-0.1, -0.05) is 6.42 Å². The standard InChI is InChI=1S/C10H15N5O/c11-8-3-1-2-7(6-8)9(16)14-10-12-4-5-13-15-10/h4-5,7-8H,1-3,6,11H2,(H,12,14,15,16). The van der Waals surface area contributed by atoms with E-state index in [1.807, 2.05) is 0 Å². The van der Waals surface area contributed by atoms with Gasteiger partial charge in [0.05, 0.1) is 12.4 Å². The molecule has 1 aromatic rings. The molecule has 0 spiro atoms. The lowest BCUT2D eigenvalue weighted by atomic mass is 9.85. The van der Waals surface area contributed by atoms with E-state index in [1.165, 1.54) is 12.4 Å². The Bertz CT molecular complexity index is 355. The maximum Gasteiger partial charge on any atom is 0.249 e. The zero-order chi connectivity index (χ0) is 11.4. The summed E-state index contributed by atoms with van der Waals surface area (Å²) in [6, 6.07) is 0.138. The maximum atomic E-state index is 11.8. The Balaban J connectivity index is 1.93. The molecule has 1 aromatic heterocycles. The molecule has 2 atom stereocenters. The average Bonchev–Trinajstić information content (AvgIpc) is 2.30. The summed E-state index contributed by atoms with van der Waals surface area (Å²) in [7, 11) is 0. The van der Waals surface area contributed by atoms with E-state index in [4.69, 9.17) is 5.73 Å². The van der Waals surface area contributed by atoms with Gasteiger partial charge in [-0.05, 0) is 19.3 Å². The van der Waals surface area contributed by atoms with Crippen molar-refractivity contribution in [2.75, 3.05) is 5.32 Å². The van der Waals surface area contributed by atoms with Crippen LogP contribution in [0.2, 0.25) is 0 Å². The van der Waals surface area contributed by atoms with Gasteiger partial charge in [0.15, 0.2) is 0 Å². The Morgan fingerprint density at radius 2 is 2.31 bits per heavy atom. The van der Waals surface area contributed by atoms with Gasteiger partial charge in [-0.2, -0.15) is 5.10 Å². The molecule has 1 aliphatic carbocycles. The molecule has 1 heterocycles. The van der Waals surface area contributed by atoms with Crippen molar-refractivity contribution in [1.82, 2.24) is 15.2 Å². The Kier molecular flexibility index (Phi) is 3.40. The van der Waals surface area contributed by atoms with Gasteiger partial charge < -0.3 is 5.73 Å². The van der Waals surface area contributed by atoms with Crippen LogP contribution < -0.4 is 11.1 Å². The minimum atomic E-state index is -0.0526. The summed E-state index contributed by atoms with van der Waals surface area (Å²) < 4.78 is 0. The molecule has 6 heteroatoms. The number of aromatic nitrogens is 3. The van der Waals surface area contributed by atoms with Gasteiger partial charge in [0.2, 0.25) is 11.9 Å². The molecule has 3 N–H and O–H groups in total. The zero-order valence-corrected chi connectivity index (χ0v) is 8.97. The summed E-state index contributed by atoms with van der Waals surface area (Å²) in [5.41, 5.74) is 5.83. The molecule has 0 bridgehead atoms. The fourth-order valence-corrected chi connectivity index (χ4v) is 1.98. The average molecular weight is 221 g/mol. The molecule has 1 amide bonds. The predicted octanol–water partition coefficient (Wildman–Crippen LogP) is 0.328. The fourth-order valence-electron chi connectivity index (χ4n) is 1.98. The van der Waals surface area contributed by atoms with Crippen molar-refractivity contribution in [2.24, 2.45) is 11.7 Å². The third-order valence-electron chi connectivity index (χ3n) is 2.80. The molecule has 0 saturated heterocycles. The second-order valence-electron chi connectivity index (χ2n) is 4.08. The molecule has 1 saturated carbocycles. The Labute approximate surface area is 93.7 Å². The molecule has 6 nitrogen and oxygen atoms in total. The summed E-state index contributed by atoms with van der Waals surface area (Å²) in [4.78, 5) is 15.7. The molecule has 2 unspecified atom stereocenters. The Morgan fingerprint density at radius 3 is 3.00 bits per heavy atom. The van der Waals surface area contributed by atoms with Crippen LogP contribution in [0, 0.1) is 5.92 Å². The Morgan fingerprint density at radius 1 is 1.44 bits per heavy atom. The van der Waals surface area contributed by atoms with Crippen LogP contribution in [0.4, 0.5) is 5.95 Å². The lowest BCUT2D eigenvalue weighted by Gasteiger charge is -2.25. The largest absolute Gasteiger partial charge is 0.328 e. The number of hydrogen-bond acceptors (Lipinski definition) is 5. The molecular formula is C10H15N5O. The summed E-state index contributed by atoms with van der Waals surface area (Å²) in [6.07, 6.45) is 6.60. The molecule has 16 heavy (non-hydrogen) atoms. The summed E-state index contributed by atoms with van der Waals surface area (Å²) in [5.74, 6) is 0.183. The number of nitrogens with zero attached hydrogens (tertiary/aromatic N) is 3. The predicted molar refractivity (Wildman–Crippen MR) is 58.4 cm³/mol. The Hall–Kier alpha value is -1.56. The van der Waals surface area contributed by atoms with Crippen LogP contribution in [-0.4, -0.2) is 27.1 Å². The van der Waals surface area contributed by atoms with Crippen molar-refractivity contribution >= 4 is 11.9 Å². The summed E-state index contributed by atoms with van der Waals surface area (Å²) in [5, 5.41) is 10.0. The van der Waals surface area contributed by atoms with Crippen LogP contribution in [0.1, 0.15) is 25.7 Å². The van der Waals surface area contributed by atoms with Gasteiger partial charge >= 0.3 is 0 Å². The van der Waals surface area contributed by atoms with E-state index in [2.05, 4.69) is 20.5 Å². The quantitative estimate of drug-likeness (QED) is 0.750. The summed E-state index contributed by atoms with van der Waals surface area (Å²) >= 11 is 0. The van der Waals surface area contributed by atoms with E-state index in [0.717, 1.165) is 25.7 Å². The number of hydrogen-bond donors (Lipinski definition) is 2. The van der Waals surface area contributed by atoms with Crippen LogP contribution in [0.5, 0.6) is 0 Å².